The minimum absolute atomic E-state index is 0.279. The number of hydrogen-bond acceptors (Lipinski definition) is 3. The number of halogens is 2. The number of benzene rings is 1. The smallest absolute Gasteiger partial charge is 0.212 e. The Morgan fingerprint density at radius 1 is 1.40 bits per heavy atom. The zero-order chi connectivity index (χ0) is 10.8. The Morgan fingerprint density at radius 3 is 2.93 bits per heavy atom. The lowest BCUT2D eigenvalue weighted by atomic mass is 10.2. The molecule has 2 rings (SSSR count). The summed E-state index contributed by atoms with van der Waals surface area (Å²) in [5.41, 5.74) is 0.705. The van der Waals surface area contributed by atoms with Crippen LogP contribution >= 0.6 is 34.2 Å². The van der Waals surface area contributed by atoms with Crippen LogP contribution in [-0.4, -0.2) is 16.6 Å². The van der Waals surface area contributed by atoms with Gasteiger partial charge in [0.05, 0.1) is 10.5 Å². The molecule has 4 nitrogen and oxygen atoms in total. The molecule has 1 aromatic heterocycles. The van der Waals surface area contributed by atoms with Crippen molar-refractivity contribution < 1.29 is 4.79 Å². The van der Waals surface area contributed by atoms with E-state index in [1.807, 2.05) is 18.2 Å². The summed E-state index contributed by atoms with van der Waals surface area (Å²) >= 11 is 8.25. The van der Waals surface area contributed by atoms with Crippen molar-refractivity contribution in [2.45, 2.75) is 0 Å². The van der Waals surface area contributed by atoms with Gasteiger partial charge in [0.1, 0.15) is 0 Å². The zero-order valence-electron chi connectivity index (χ0n) is 7.37. The van der Waals surface area contributed by atoms with Crippen molar-refractivity contribution in [3.05, 3.63) is 26.8 Å². The van der Waals surface area contributed by atoms with Gasteiger partial charge in [-0.2, -0.15) is 0 Å². The first-order valence-corrected chi connectivity index (χ1v) is 5.49. The molecule has 76 valence electrons. The summed E-state index contributed by atoms with van der Waals surface area (Å²) in [5, 5.41) is 11.3. The number of amides is 1. The van der Waals surface area contributed by atoms with E-state index in [0.29, 0.717) is 16.9 Å². The Bertz CT molecular complexity index is 532. The maximum absolute atomic E-state index is 10.3. The van der Waals surface area contributed by atoms with Crippen LogP contribution in [0, 0.1) is 3.57 Å². The van der Waals surface area contributed by atoms with Gasteiger partial charge in [-0.25, -0.2) is 0 Å². The number of aromatic nitrogens is 2. The van der Waals surface area contributed by atoms with E-state index in [1.54, 1.807) is 0 Å². The quantitative estimate of drug-likeness (QED) is 0.678. The van der Waals surface area contributed by atoms with Crippen molar-refractivity contribution >= 4 is 57.3 Å². The van der Waals surface area contributed by atoms with Gasteiger partial charge < -0.3 is 5.32 Å². The van der Waals surface area contributed by atoms with Crippen LogP contribution in [0.15, 0.2) is 18.2 Å². The molecule has 0 aliphatic heterocycles. The summed E-state index contributed by atoms with van der Waals surface area (Å²) in [6.45, 7) is 0. The number of carbonyl (C=O) groups excluding carboxylic acids is 1. The van der Waals surface area contributed by atoms with Gasteiger partial charge in [0.15, 0.2) is 5.82 Å². The molecule has 0 bridgehead atoms. The van der Waals surface area contributed by atoms with Crippen LogP contribution < -0.4 is 5.32 Å². The lowest BCUT2D eigenvalue weighted by Gasteiger charge is -2.04. The van der Waals surface area contributed by atoms with Crippen LogP contribution in [0.3, 0.4) is 0 Å². The van der Waals surface area contributed by atoms with Crippen LogP contribution in [0.2, 0.25) is 5.02 Å². The van der Waals surface area contributed by atoms with Gasteiger partial charge in [0, 0.05) is 8.96 Å². The Balaban J connectivity index is 2.70. The van der Waals surface area contributed by atoms with Crippen molar-refractivity contribution in [1.29, 1.82) is 0 Å². The molecule has 0 atom stereocenters. The molecular formula is C9H5ClIN3O. The molecule has 0 fully saturated rings. The number of hydrogen-bond donors (Lipinski definition) is 1. The molecule has 0 spiro atoms. The first-order chi connectivity index (χ1) is 7.22. The summed E-state index contributed by atoms with van der Waals surface area (Å²) in [7, 11) is 0. The van der Waals surface area contributed by atoms with E-state index < -0.39 is 0 Å². The van der Waals surface area contributed by atoms with Crippen LogP contribution in [0.5, 0.6) is 0 Å². The highest BCUT2D eigenvalue weighted by Crippen LogP contribution is 2.28. The highest BCUT2D eigenvalue weighted by molar-refractivity contribution is 14.1. The van der Waals surface area contributed by atoms with Crippen LogP contribution in [0.4, 0.5) is 5.82 Å². The summed E-state index contributed by atoms with van der Waals surface area (Å²) in [6.07, 6.45) is 0.523. The van der Waals surface area contributed by atoms with E-state index in [0.717, 1.165) is 8.96 Å². The Labute approximate surface area is 104 Å². The molecule has 1 heterocycles. The fourth-order valence-corrected chi connectivity index (χ4v) is 1.93. The third-order valence-corrected chi connectivity index (χ3v) is 2.91. The third kappa shape index (κ3) is 2.03. The molecule has 1 amide bonds. The van der Waals surface area contributed by atoms with Crippen LogP contribution in [-0.2, 0) is 4.79 Å². The van der Waals surface area contributed by atoms with Gasteiger partial charge in [-0.1, -0.05) is 11.6 Å². The molecule has 0 aliphatic carbocycles. The van der Waals surface area contributed by atoms with Gasteiger partial charge in [0.25, 0.3) is 0 Å². The number of anilines is 1. The first kappa shape index (κ1) is 10.6. The number of carbonyl (C=O) groups is 1. The average Bonchev–Trinajstić information content (AvgIpc) is 2.23. The molecule has 0 aliphatic rings. The number of rotatable bonds is 2. The minimum atomic E-state index is 0.279. The highest BCUT2D eigenvalue weighted by Gasteiger charge is 2.07. The number of nitrogens with zero attached hydrogens (tertiary/aromatic N) is 2. The van der Waals surface area contributed by atoms with E-state index in [1.165, 1.54) is 0 Å². The third-order valence-electron chi connectivity index (χ3n) is 1.86. The normalized spacial score (nSPS) is 10.3. The zero-order valence-corrected chi connectivity index (χ0v) is 10.3. The monoisotopic (exact) mass is 333 g/mol. The Hall–Kier alpha value is -0.950. The van der Waals surface area contributed by atoms with Crippen molar-refractivity contribution in [2.75, 3.05) is 5.32 Å². The molecule has 1 aromatic carbocycles. The van der Waals surface area contributed by atoms with Crippen LogP contribution in [0.25, 0.3) is 10.9 Å². The first-order valence-electron chi connectivity index (χ1n) is 4.04. The van der Waals surface area contributed by atoms with E-state index in [-0.39, 0.29) is 5.82 Å². The summed E-state index contributed by atoms with van der Waals surface area (Å²) < 4.78 is 1.05. The lowest BCUT2D eigenvalue weighted by molar-refractivity contribution is -0.105. The Kier molecular flexibility index (Phi) is 3.01. The van der Waals surface area contributed by atoms with Crippen molar-refractivity contribution in [2.24, 2.45) is 0 Å². The van der Waals surface area contributed by atoms with Gasteiger partial charge in [-0.15, -0.1) is 10.2 Å². The van der Waals surface area contributed by atoms with Gasteiger partial charge >= 0.3 is 0 Å². The maximum atomic E-state index is 10.3. The summed E-state index contributed by atoms with van der Waals surface area (Å²) in [4.78, 5) is 10.3. The second kappa shape index (κ2) is 4.28. The minimum Gasteiger partial charge on any atom is -0.311 e. The summed E-state index contributed by atoms with van der Waals surface area (Å²) in [5.74, 6) is 0.279. The van der Waals surface area contributed by atoms with Crippen molar-refractivity contribution in [3.8, 4) is 0 Å². The predicted molar refractivity (Wildman–Crippen MR) is 67.0 cm³/mol. The van der Waals surface area contributed by atoms with Gasteiger partial charge in [-0.05, 0) is 40.8 Å². The second-order valence-electron chi connectivity index (χ2n) is 2.79. The largest absolute Gasteiger partial charge is 0.311 e. The molecule has 0 saturated heterocycles. The standard InChI is InChI=1S/C9H5ClIN3O/c10-8-6-3-5(11)1-2-7(6)13-14-9(8)12-4-15/h1-4H,(H,12,14,15). The second-order valence-corrected chi connectivity index (χ2v) is 4.41. The molecular weight excluding hydrogens is 328 g/mol. The fourth-order valence-electron chi connectivity index (χ4n) is 1.19. The highest BCUT2D eigenvalue weighted by atomic mass is 127. The molecule has 0 saturated carbocycles. The lowest BCUT2D eigenvalue weighted by Crippen LogP contribution is -2.00. The number of nitrogens with one attached hydrogen (secondary N) is 1. The molecule has 2 aromatic rings. The van der Waals surface area contributed by atoms with E-state index in [2.05, 4.69) is 38.1 Å². The maximum Gasteiger partial charge on any atom is 0.212 e. The fraction of sp³-hybridized carbons (Fsp3) is 0. The van der Waals surface area contributed by atoms with Crippen molar-refractivity contribution in [3.63, 3.8) is 0 Å². The van der Waals surface area contributed by atoms with Gasteiger partial charge in [0.2, 0.25) is 6.41 Å². The number of fused-ring (bicyclic) bond motifs is 1. The molecule has 0 radical (unpaired) electrons. The molecule has 15 heavy (non-hydrogen) atoms. The molecule has 6 heteroatoms. The SMILES string of the molecule is O=CNc1nnc2ccc(I)cc2c1Cl. The van der Waals surface area contributed by atoms with Crippen LogP contribution in [0.1, 0.15) is 0 Å². The van der Waals surface area contributed by atoms with E-state index >= 15 is 0 Å². The predicted octanol–water partition coefficient (Wildman–Crippen LogP) is 2.46. The van der Waals surface area contributed by atoms with E-state index in [4.69, 9.17) is 11.6 Å². The average molecular weight is 334 g/mol. The molecule has 1 N–H and O–H groups in total. The Morgan fingerprint density at radius 2 is 2.20 bits per heavy atom. The molecule has 0 unspecified atom stereocenters. The van der Waals surface area contributed by atoms with E-state index in [9.17, 15) is 4.79 Å². The summed E-state index contributed by atoms with van der Waals surface area (Å²) in [6, 6.07) is 5.64. The van der Waals surface area contributed by atoms with Crippen molar-refractivity contribution in [1.82, 2.24) is 10.2 Å². The van der Waals surface area contributed by atoms with Gasteiger partial charge in [-0.3, -0.25) is 4.79 Å². The topological polar surface area (TPSA) is 54.9 Å².